The minimum Gasteiger partial charge on any atom is -0.491 e. The van der Waals surface area contributed by atoms with Gasteiger partial charge in [-0.25, -0.2) is 0 Å². The molecule has 0 saturated heterocycles. The molecule has 1 heterocycles. The predicted molar refractivity (Wildman–Crippen MR) is 81.9 cm³/mol. The number of fused-ring (bicyclic) bond motifs is 1. The second-order valence-corrected chi connectivity index (χ2v) is 5.98. The van der Waals surface area contributed by atoms with E-state index in [9.17, 15) is 5.11 Å². The van der Waals surface area contributed by atoms with Gasteiger partial charge in [0.05, 0.1) is 12.1 Å². The number of nitrogens with one attached hydrogen (secondary N) is 1. The highest BCUT2D eigenvalue weighted by molar-refractivity contribution is 5.45. The number of hydrogen-bond donors (Lipinski definition) is 2. The molecule has 0 bridgehead atoms. The SMILES string of the molecule is CCNC1COc2cc(OC3CCCCCC3O)ccc21. The average Bonchev–Trinajstić information content (AvgIpc) is 2.77. The fourth-order valence-electron chi connectivity index (χ4n) is 3.25. The molecule has 21 heavy (non-hydrogen) atoms. The Labute approximate surface area is 126 Å². The number of benzene rings is 1. The van der Waals surface area contributed by atoms with Crippen molar-refractivity contribution >= 4 is 0 Å². The molecule has 1 aromatic rings. The van der Waals surface area contributed by atoms with Crippen LogP contribution < -0.4 is 14.8 Å². The van der Waals surface area contributed by atoms with Crippen molar-refractivity contribution in [1.29, 1.82) is 0 Å². The predicted octanol–water partition coefficient (Wildman–Crippen LogP) is 2.80. The van der Waals surface area contributed by atoms with Crippen LogP contribution in [0.15, 0.2) is 18.2 Å². The molecule has 1 saturated carbocycles. The van der Waals surface area contributed by atoms with E-state index in [0.29, 0.717) is 6.61 Å². The first-order valence-electron chi connectivity index (χ1n) is 8.12. The standard InChI is InChI=1S/C17H25NO3/c1-2-18-14-11-20-17-10-12(8-9-13(14)17)21-16-7-5-3-4-6-15(16)19/h8-10,14-16,18-19H,2-7,11H2,1H3. The first kappa shape index (κ1) is 14.7. The molecule has 3 rings (SSSR count). The highest BCUT2D eigenvalue weighted by Crippen LogP contribution is 2.36. The Balaban J connectivity index is 1.69. The maximum Gasteiger partial charge on any atom is 0.128 e. The average molecular weight is 291 g/mol. The van der Waals surface area contributed by atoms with Crippen LogP contribution >= 0.6 is 0 Å². The summed E-state index contributed by atoms with van der Waals surface area (Å²) in [5, 5.41) is 13.6. The lowest BCUT2D eigenvalue weighted by Gasteiger charge is -2.22. The smallest absolute Gasteiger partial charge is 0.128 e. The lowest BCUT2D eigenvalue weighted by atomic mass is 10.1. The van der Waals surface area contributed by atoms with Gasteiger partial charge in [-0.15, -0.1) is 0 Å². The van der Waals surface area contributed by atoms with E-state index in [1.54, 1.807) is 0 Å². The van der Waals surface area contributed by atoms with Crippen molar-refractivity contribution in [3.8, 4) is 11.5 Å². The highest BCUT2D eigenvalue weighted by atomic mass is 16.5. The summed E-state index contributed by atoms with van der Waals surface area (Å²) < 4.78 is 11.8. The van der Waals surface area contributed by atoms with Crippen LogP contribution in [0.4, 0.5) is 0 Å². The molecule has 1 fully saturated rings. The van der Waals surface area contributed by atoms with Crippen molar-refractivity contribution < 1.29 is 14.6 Å². The van der Waals surface area contributed by atoms with Crippen LogP contribution in [0.25, 0.3) is 0 Å². The molecule has 1 aromatic carbocycles. The molecule has 2 N–H and O–H groups in total. The van der Waals surface area contributed by atoms with Gasteiger partial charge in [0.25, 0.3) is 0 Å². The molecule has 0 radical (unpaired) electrons. The van der Waals surface area contributed by atoms with Gasteiger partial charge < -0.3 is 19.9 Å². The second kappa shape index (κ2) is 6.67. The summed E-state index contributed by atoms with van der Waals surface area (Å²) in [5.74, 6) is 1.71. The summed E-state index contributed by atoms with van der Waals surface area (Å²) in [6.45, 7) is 3.71. The summed E-state index contributed by atoms with van der Waals surface area (Å²) in [6, 6.07) is 6.32. The lowest BCUT2D eigenvalue weighted by molar-refractivity contribution is 0.0319. The van der Waals surface area contributed by atoms with Gasteiger partial charge >= 0.3 is 0 Å². The van der Waals surface area contributed by atoms with Crippen LogP contribution in [-0.4, -0.2) is 30.5 Å². The molecule has 1 aliphatic carbocycles. The second-order valence-electron chi connectivity index (χ2n) is 5.98. The fraction of sp³-hybridized carbons (Fsp3) is 0.647. The Morgan fingerprint density at radius 1 is 1.29 bits per heavy atom. The van der Waals surface area contributed by atoms with E-state index in [-0.39, 0.29) is 18.2 Å². The highest BCUT2D eigenvalue weighted by Gasteiger charge is 2.26. The summed E-state index contributed by atoms with van der Waals surface area (Å²) in [6.07, 6.45) is 4.75. The van der Waals surface area contributed by atoms with E-state index in [1.165, 1.54) is 12.0 Å². The summed E-state index contributed by atoms with van der Waals surface area (Å²) in [7, 11) is 0. The van der Waals surface area contributed by atoms with Crippen molar-refractivity contribution in [1.82, 2.24) is 5.32 Å². The topological polar surface area (TPSA) is 50.7 Å². The maximum atomic E-state index is 10.1. The molecule has 4 nitrogen and oxygen atoms in total. The van der Waals surface area contributed by atoms with Crippen LogP contribution in [-0.2, 0) is 0 Å². The van der Waals surface area contributed by atoms with E-state index in [4.69, 9.17) is 9.47 Å². The molecular weight excluding hydrogens is 266 g/mol. The molecule has 2 aliphatic rings. The molecule has 0 amide bonds. The van der Waals surface area contributed by atoms with Crippen LogP contribution in [0, 0.1) is 0 Å². The number of hydrogen-bond acceptors (Lipinski definition) is 4. The number of aliphatic hydroxyl groups is 1. The van der Waals surface area contributed by atoms with Crippen LogP contribution in [0.2, 0.25) is 0 Å². The van der Waals surface area contributed by atoms with Gasteiger partial charge in [-0.1, -0.05) is 19.8 Å². The maximum absolute atomic E-state index is 10.1. The first-order valence-corrected chi connectivity index (χ1v) is 8.12. The number of aliphatic hydroxyl groups excluding tert-OH is 1. The Morgan fingerprint density at radius 3 is 3.00 bits per heavy atom. The van der Waals surface area contributed by atoms with Crippen LogP contribution in [0.1, 0.15) is 50.6 Å². The zero-order valence-electron chi connectivity index (χ0n) is 12.7. The molecule has 1 aliphatic heterocycles. The monoisotopic (exact) mass is 291 g/mol. The van der Waals surface area contributed by atoms with Crippen molar-refractivity contribution in [3.05, 3.63) is 23.8 Å². The summed E-state index contributed by atoms with van der Waals surface area (Å²) in [5.41, 5.74) is 1.20. The van der Waals surface area contributed by atoms with Gasteiger partial charge in [0.2, 0.25) is 0 Å². The third-order valence-corrected chi connectivity index (χ3v) is 4.42. The van der Waals surface area contributed by atoms with E-state index >= 15 is 0 Å². The largest absolute Gasteiger partial charge is 0.491 e. The normalized spacial score (nSPS) is 28.6. The van der Waals surface area contributed by atoms with Gasteiger partial charge in [0.15, 0.2) is 0 Å². The summed E-state index contributed by atoms with van der Waals surface area (Å²) >= 11 is 0. The minimum atomic E-state index is -0.351. The van der Waals surface area contributed by atoms with E-state index in [2.05, 4.69) is 18.3 Å². The number of likely N-dealkylation sites (N-methyl/N-ethyl adjacent to an activating group) is 1. The zero-order valence-corrected chi connectivity index (χ0v) is 12.7. The molecule has 116 valence electrons. The third kappa shape index (κ3) is 3.33. The molecule has 0 spiro atoms. The van der Waals surface area contributed by atoms with E-state index < -0.39 is 0 Å². The van der Waals surface area contributed by atoms with Crippen molar-refractivity contribution in [3.63, 3.8) is 0 Å². The Kier molecular flexibility index (Phi) is 4.66. The Bertz CT molecular complexity index is 477. The van der Waals surface area contributed by atoms with Crippen LogP contribution in [0.3, 0.4) is 0 Å². The lowest BCUT2D eigenvalue weighted by Crippen LogP contribution is -2.30. The van der Waals surface area contributed by atoms with Gasteiger partial charge in [0, 0.05) is 11.6 Å². The minimum absolute atomic E-state index is 0.0866. The first-order chi connectivity index (χ1) is 10.3. The number of rotatable bonds is 4. The Hall–Kier alpha value is -1.26. The van der Waals surface area contributed by atoms with Gasteiger partial charge in [0.1, 0.15) is 24.2 Å². The van der Waals surface area contributed by atoms with E-state index in [1.807, 2.05) is 12.1 Å². The summed E-state index contributed by atoms with van der Waals surface area (Å²) in [4.78, 5) is 0. The van der Waals surface area contributed by atoms with E-state index in [0.717, 1.165) is 43.7 Å². The molecule has 3 atom stereocenters. The van der Waals surface area contributed by atoms with Crippen molar-refractivity contribution in [2.75, 3.05) is 13.2 Å². The van der Waals surface area contributed by atoms with Gasteiger partial charge in [-0.3, -0.25) is 0 Å². The quantitative estimate of drug-likeness (QED) is 0.838. The van der Waals surface area contributed by atoms with Crippen molar-refractivity contribution in [2.24, 2.45) is 0 Å². The van der Waals surface area contributed by atoms with Crippen molar-refractivity contribution in [2.45, 2.75) is 57.3 Å². The zero-order chi connectivity index (χ0) is 14.7. The Morgan fingerprint density at radius 2 is 2.14 bits per heavy atom. The third-order valence-electron chi connectivity index (χ3n) is 4.42. The van der Waals surface area contributed by atoms with Gasteiger partial charge in [-0.05, 0) is 37.9 Å². The van der Waals surface area contributed by atoms with Crippen LogP contribution in [0.5, 0.6) is 11.5 Å². The van der Waals surface area contributed by atoms with Gasteiger partial charge in [-0.2, -0.15) is 0 Å². The molecule has 4 heteroatoms. The molecule has 3 unspecified atom stereocenters. The molecular formula is C17H25NO3. The molecule has 0 aromatic heterocycles. The number of ether oxygens (including phenoxy) is 2. The fourth-order valence-corrected chi connectivity index (χ4v) is 3.25.